The molecule has 0 saturated heterocycles. The maximum Gasteiger partial charge on any atom is 0.239 e. The van der Waals surface area contributed by atoms with Crippen molar-refractivity contribution in [1.82, 2.24) is 15.0 Å². The normalized spacial score (nSPS) is 12.6. The Morgan fingerprint density at radius 1 is 0.769 bits per heavy atom. The van der Waals surface area contributed by atoms with Gasteiger partial charge in [-0.05, 0) is 84.5 Å². The van der Waals surface area contributed by atoms with E-state index in [-0.39, 0.29) is 29.4 Å². The van der Waals surface area contributed by atoms with Crippen molar-refractivity contribution in [3.05, 3.63) is 94.4 Å². The Bertz CT molecular complexity index is 1620. The Hall–Kier alpha value is -3.72. The highest BCUT2D eigenvalue weighted by Crippen LogP contribution is 2.36. The lowest BCUT2D eigenvalue weighted by molar-refractivity contribution is 0.599. The van der Waals surface area contributed by atoms with Crippen molar-refractivity contribution >= 4 is 16.0 Å². The molecule has 39 heavy (non-hydrogen) atoms. The molecule has 0 radical (unpaired) electrons. The molecule has 0 saturated carbocycles. The van der Waals surface area contributed by atoms with Gasteiger partial charge in [-0.25, -0.2) is 31.5 Å². The molecule has 2 aromatic heterocycles. The lowest BCUT2D eigenvalue weighted by Gasteiger charge is -2.23. The zero-order chi connectivity index (χ0) is 28.6. The van der Waals surface area contributed by atoms with Crippen LogP contribution >= 0.6 is 0 Å². The fourth-order valence-corrected chi connectivity index (χ4v) is 5.00. The molecule has 2 heterocycles. The number of aromatic nitrogens is 3. The van der Waals surface area contributed by atoms with E-state index in [0.29, 0.717) is 17.0 Å². The second kappa shape index (κ2) is 10.8. The second-order valence-electron chi connectivity index (χ2n) is 10.1. The third kappa shape index (κ3) is 5.83. The first-order valence-corrected chi connectivity index (χ1v) is 14.5. The Balaban J connectivity index is 1.95. The van der Waals surface area contributed by atoms with Crippen LogP contribution in [0.2, 0.25) is 0 Å². The van der Waals surface area contributed by atoms with Crippen LogP contribution in [0.4, 0.5) is 14.7 Å². The van der Waals surface area contributed by atoms with E-state index in [0.717, 1.165) is 44.2 Å². The minimum absolute atomic E-state index is 0.0132. The van der Waals surface area contributed by atoms with Crippen molar-refractivity contribution in [1.29, 1.82) is 0 Å². The van der Waals surface area contributed by atoms with Crippen LogP contribution in [-0.4, -0.2) is 36.7 Å². The van der Waals surface area contributed by atoms with Crippen LogP contribution in [0.3, 0.4) is 0 Å². The molecule has 204 valence electrons. The minimum atomic E-state index is -3.65. The zero-order valence-electron chi connectivity index (χ0n) is 23.1. The van der Waals surface area contributed by atoms with E-state index in [1.54, 1.807) is 24.3 Å². The topological polar surface area (TPSA) is 76.1 Å². The molecule has 1 atom stereocenters. The molecule has 0 spiro atoms. The fraction of sp³-hybridized carbons (Fsp3) is 0.300. The number of benzene rings is 2. The standard InChI is InChI=1S/C30H32F2N4O2S/c1-17(2)27-18(3)25(21-8-12-23(31)13-9-21)16-26(33-27)19(4)28-20(5)29(22-10-14-24(32)15-11-22)35-30(34-28)36(6)39(7,37)38/h8-17,19H,1-7H3. The van der Waals surface area contributed by atoms with Crippen LogP contribution in [-0.2, 0) is 10.0 Å². The smallest absolute Gasteiger partial charge is 0.239 e. The number of hydrogen-bond acceptors (Lipinski definition) is 5. The van der Waals surface area contributed by atoms with Crippen molar-refractivity contribution in [3.8, 4) is 22.4 Å². The number of halogens is 2. The summed E-state index contributed by atoms with van der Waals surface area (Å²) in [4.78, 5) is 14.3. The summed E-state index contributed by atoms with van der Waals surface area (Å²) in [7, 11) is -2.25. The Labute approximate surface area is 228 Å². The summed E-state index contributed by atoms with van der Waals surface area (Å²) >= 11 is 0. The summed E-state index contributed by atoms with van der Waals surface area (Å²) in [6.45, 7) is 9.98. The summed E-state index contributed by atoms with van der Waals surface area (Å²) in [5.41, 5.74) is 6.96. The highest BCUT2D eigenvalue weighted by Gasteiger charge is 2.25. The number of rotatable bonds is 7. The third-order valence-corrected chi connectivity index (χ3v) is 8.11. The van der Waals surface area contributed by atoms with Gasteiger partial charge in [0.1, 0.15) is 11.6 Å². The molecule has 4 rings (SSSR count). The van der Waals surface area contributed by atoms with Gasteiger partial charge in [-0.1, -0.05) is 32.9 Å². The molecular weight excluding hydrogens is 518 g/mol. The van der Waals surface area contributed by atoms with Crippen molar-refractivity contribution < 1.29 is 17.2 Å². The van der Waals surface area contributed by atoms with E-state index >= 15 is 0 Å². The molecule has 0 amide bonds. The largest absolute Gasteiger partial charge is 0.257 e. The van der Waals surface area contributed by atoms with Crippen molar-refractivity contribution in [2.75, 3.05) is 17.6 Å². The number of anilines is 1. The van der Waals surface area contributed by atoms with Crippen molar-refractivity contribution in [2.45, 2.75) is 46.5 Å². The summed E-state index contributed by atoms with van der Waals surface area (Å²) in [5, 5.41) is 0. The first-order chi connectivity index (χ1) is 18.3. The molecule has 0 bridgehead atoms. The van der Waals surface area contributed by atoms with Gasteiger partial charge in [0.2, 0.25) is 16.0 Å². The predicted molar refractivity (Wildman–Crippen MR) is 151 cm³/mol. The lowest BCUT2D eigenvalue weighted by Crippen LogP contribution is -2.28. The van der Waals surface area contributed by atoms with E-state index < -0.39 is 10.0 Å². The van der Waals surface area contributed by atoms with Gasteiger partial charge >= 0.3 is 0 Å². The quantitative estimate of drug-likeness (QED) is 0.254. The summed E-state index contributed by atoms with van der Waals surface area (Å²) < 4.78 is 53.2. The van der Waals surface area contributed by atoms with Crippen LogP contribution in [0.25, 0.3) is 22.4 Å². The van der Waals surface area contributed by atoms with Crippen LogP contribution in [0.1, 0.15) is 60.8 Å². The van der Waals surface area contributed by atoms with Gasteiger partial charge in [0.15, 0.2) is 0 Å². The van der Waals surface area contributed by atoms with E-state index in [9.17, 15) is 17.2 Å². The van der Waals surface area contributed by atoms with Crippen LogP contribution in [0, 0.1) is 25.5 Å². The third-order valence-electron chi connectivity index (χ3n) is 6.95. The molecule has 0 aliphatic carbocycles. The van der Waals surface area contributed by atoms with E-state index in [4.69, 9.17) is 9.97 Å². The Morgan fingerprint density at radius 2 is 1.31 bits per heavy atom. The van der Waals surface area contributed by atoms with Gasteiger partial charge in [-0.15, -0.1) is 0 Å². The SMILES string of the molecule is Cc1c(-c2ccc(F)cc2)cc(C(C)c2nc(N(C)S(C)(=O)=O)nc(-c3ccc(F)cc3)c2C)nc1C(C)C. The molecule has 4 aromatic rings. The van der Waals surface area contributed by atoms with Crippen molar-refractivity contribution in [3.63, 3.8) is 0 Å². The first kappa shape index (κ1) is 28.3. The molecule has 0 fully saturated rings. The number of sulfonamides is 1. The van der Waals surface area contributed by atoms with Gasteiger partial charge in [0.05, 0.1) is 23.3 Å². The summed E-state index contributed by atoms with van der Waals surface area (Å²) in [6.07, 6.45) is 1.09. The minimum Gasteiger partial charge on any atom is -0.257 e. The molecule has 2 aromatic carbocycles. The van der Waals surface area contributed by atoms with Crippen LogP contribution < -0.4 is 4.31 Å². The average Bonchev–Trinajstić information content (AvgIpc) is 2.88. The molecule has 6 nitrogen and oxygen atoms in total. The average molecular weight is 551 g/mol. The number of pyridine rings is 1. The predicted octanol–water partition coefficient (Wildman–Crippen LogP) is 6.77. The summed E-state index contributed by atoms with van der Waals surface area (Å²) in [6, 6.07) is 14.2. The van der Waals surface area contributed by atoms with E-state index in [1.165, 1.54) is 31.3 Å². The number of hydrogen-bond donors (Lipinski definition) is 0. The van der Waals surface area contributed by atoms with E-state index in [1.807, 2.05) is 26.8 Å². The fourth-order valence-electron chi connectivity index (χ4n) is 4.62. The zero-order valence-corrected chi connectivity index (χ0v) is 23.9. The van der Waals surface area contributed by atoms with Gasteiger partial charge < -0.3 is 0 Å². The summed E-state index contributed by atoms with van der Waals surface area (Å²) in [5.74, 6) is -0.901. The maximum absolute atomic E-state index is 13.7. The second-order valence-corrected chi connectivity index (χ2v) is 12.1. The van der Waals surface area contributed by atoms with Gasteiger partial charge in [0.25, 0.3) is 0 Å². The highest BCUT2D eigenvalue weighted by molar-refractivity contribution is 7.92. The molecular formula is C30H32F2N4O2S. The Kier molecular flexibility index (Phi) is 7.84. The van der Waals surface area contributed by atoms with Gasteiger partial charge in [-0.3, -0.25) is 4.98 Å². The highest BCUT2D eigenvalue weighted by atomic mass is 32.2. The molecule has 1 unspecified atom stereocenters. The lowest BCUT2D eigenvalue weighted by atomic mass is 9.90. The van der Waals surface area contributed by atoms with Gasteiger partial charge in [0, 0.05) is 24.2 Å². The first-order valence-electron chi connectivity index (χ1n) is 12.6. The van der Waals surface area contributed by atoms with Crippen molar-refractivity contribution in [2.24, 2.45) is 0 Å². The molecule has 9 heteroatoms. The number of nitrogens with zero attached hydrogens (tertiary/aromatic N) is 4. The van der Waals surface area contributed by atoms with Crippen LogP contribution in [0.5, 0.6) is 0 Å². The van der Waals surface area contributed by atoms with E-state index in [2.05, 4.69) is 18.8 Å². The van der Waals surface area contributed by atoms with Crippen LogP contribution in [0.15, 0.2) is 54.6 Å². The maximum atomic E-state index is 13.7. The molecule has 0 aliphatic rings. The molecule has 0 aliphatic heterocycles. The monoisotopic (exact) mass is 550 g/mol. The van der Waals surface area contributed by atoms with Gasteiger partial charge in [-0.2, -0.15) is 0 Å². The Morgan fingerprint density at radius 3 is 1.82 bits per heavy atom. The molecule has 0 N–H and O–H groups in total.